The number of para-hydroxylation sites is 1. The number of nitrogens with zero attached hydrogens (tertiary/aromatic N) is 2. The van der Waals surface area contributed by atoms with E-state index >= 15 is 0 Å². The van der Waals surface area contributed by atoms with Crippen molar-refractivity contribution < 1.29 is 0 Å². The molecular weight excluding hydrogens is 725 g/mol. The first kappa shape index (κ1) is 34.1. The number of aromatic nitrogens is 1. The van der Waals surface area contributed by atoms with E-state index in [1.165, 1.54) is 87.1 Å². The lowest BCUT2D eigenvalue weighted by atomic mass is 9.97. The van der Waals surface area contributed by atoms with Crippen molar-refractivity contribution in [3.63, 3.8) is 0 Å². The minimum atomic E-state index is 1.10. The quantitative estimate of drug-likeness (QED) is 0.153. The molecular formula is C58H38N2. The van der Waals surface area contributed by atoms with Crippen molar-refractivity contribution in [1.29, 1.82) is 0 Å². The van der Waals surface area contributed by atoms with Crippen LogP contribution in [0.25, 0.3) is 92.8 Å². The van der Waals surface area contributed by atoms with Crippen molar-refractivity contribution in [3.05, 3.63) is 231 Å². The first-order chi connectivity index (χ1) is 29.8. The minimum Gasteiger partial charge on any atom is -0.310 e. The fourth-order valence-electron chi connectivity index (χ4n) is 9.52. The van der Waals surface area contributed by atoms with Crippen molar-refractivity contribution >= 4 is 82.0 Å². The molecule has 11 aromatic carbocycles. The Labute approximate surface area is 348 Å². The van der Waals surface area contributed by atoms with Crippen LogP contribution in [0.5, 0.6) is 0 Å². The molecule has 0 atom stereocenters. The maximum absolute atomic E-state index is 2.44. The molecule has 0 fully saturated rings. The lowest BCUT2D eigenvalue weighted by molar-refractivity contribution is 1.19. The molecule has 1 heterocycles. The molecule has 0 spiro atoms. The fraction of sp³-hybridized carbons (Fsp3) is 0. The monoisotopic (exact) mass is 762 g/mol. The van der Waals surface area contributed by atoms with Gasteiger partial charge in [-0.1, -0.05) is 182 Å². The van der Waals surface area contributed by atoms with Crippen LogP contribution < -0.4 is 4.90 Å². The van der Waals surface area contributed by atoms with Crippen molar-refractivity contribution in [2.75, 3.05) is 4.90 Å². The smallest absolute Gasteiger partial charge is 0.0619 e. The number of hydrogen-bond acceptors (Lipinski definition) is 1. The summed E-state index contributed by atoms with van der Waals surface area (Å²) in [6.45, 7) is 0. The average molecular weight is 763 g/mol. The minimum absolute atomic E-state index is 1.10. The molecule has 2 nitrogen and oxygen atoms in total. The van der Waals surface area contributed by atoms with Crippen LogP contribution in [0.15, 0.2) is 231 Å². The molecule has 60 heavy (non-hydrogen) atoms. The maximum Gasteiger partial charge on any atom is 0.0619 e. The van der Waals surface area contributed by atoms with E-state index in [-0.39, 0.29) is 0 Å². The summed E-state index contributed by atoms with van der Waals surface area (Å²) in [5.41, 5.74) is 11.7. The fourth-order valence-corrected chi connectivity index (χ4v) is 9.52. The van der Waals surface area contributed by atoms with Crippen molar-refractivity contribution in [2.24, 2.45) is 0 Å². The van der Waals surface area contributed by atoms with Crippen LogP contribution in [0.4, 0.5) is 17.1 Å². The van der Waals surface area contributed by atoms with Gasteiger partial charge >= 0.3 is 0 Å². The molecule has 0 aliphatic carbocycles. The summed E-state index contributed by atoms with van der Waals surface area (Å²) in [5.74, 6) is 0. The van der Waals surface area contributed by atoms with Gasteiger partial charge in [0.2, 0.25) is 0 Å². The van der Waals surface area contributed by atoms with Crippen LogP contribution in [0.1, 0.15) is 0 Å². The lowest BCUT2D eigenvalue weighted by Gasteiger charge is -2.28. The van der Waals surface area contributed by atoms with E-state index in [4.69, 9.17) is 0 Å². The van der Waals surface area contributed by atoms with Gasteiger partial charge in [0.25, 0.3) is 0 Å². The van der Waals surface area contributed by atoms with E-state index < -0.39 is 0 Å². The van der Waals surface area contributed by atoms with Crippen LogP contribution in [0.3, 0.4) is 0 Å². The van der Waals surface area contributed by atoms with Gasteiger partial charge in [-0.05, 0) is 103 Å². The highest BCUT2D eigenvalue weighted by Gasteiger charge is 2.19. The number of fused-ring (bicyclic) bond motifs is 9. The standard InChI is InChI=1S/C58H38N2/c1-2-17-45(18-3-1)60-57-37-43(30-35-54(57)55-36-29-41-14-5-9-21-51(41)58(55)60)39-25-31-46(32-26-39)59(56-38-44-15-6-8-20-50(44)52-22-10-11-23-53(52)56)47-33-27-42(28-34-47)49-24-12-16-40-13-4-7-19-48(40)49/h1-38H. The Morgan fingerprint density at radius 3 is 1.60 bits per heavy atom. The highest BCUT2D eigenvalue weighted by molar-refractivity contribution is 6.19. The summed E-state index contributed by atoms with van der Waals surface area (Å²) >= 11 is 0. The molecule has 0 radical (unpaired) electrons. The Bertz CT molecular complexity index is 3580. The van der Waals surface area contributed by atoms with Gasteiger partial charge in [-0.2, -0.15) is 0 Å². The van der Waals surface area contributed by atoms with Gasteiger partial charge in [-0.3, -0.25) is 0 Å². The maximum atomic E-state index is 2.44. The predicted molar refractivity (Wildman–Crippen MR) is 256 cm³/mol. The molecule has 0 bridgehead atoms. The second-order valence-electron chi connectivity index (χ2n) is 15.7. The van der Waals surface area contributed by atoms with Gasteiger partial charge in [-0.25, -0.2) is 0 Å². The van der Waals surface area contributed by atoms with Gasteiger partial charge in [-0.15, -0.1) is 0 Å². The molecule has 0 aliphatic rings. The molecule has 1 aromatic heterocycles. The SMILES string of the molecule is c1ccc(-n2c3cc(-c4ccc(N(c5ccc(-c6cccc7ccccc67)cc5)c5cc6ccccc6c6ccccc56)cc4)ccc3c3ccc4ccccc4c32)cc1. The van der Waals surface area contributed by atoms with Gasteiger partial charge in [0, 0.05) is 38.6 Å². The second kappa shape index (κ2) is 13.9. The predicted octanol–water partition coefficient (Wildman–Crippen LogP) is 16.2. The second-order valence-corrected chi connectivity index (χ2v) is 15.7. The van der Waals surface area contributed by atoms with Crippen molar-refractivity contribution in [3.8, 4) is 27.9 Å². The summed E-state index contributed by atoms with van der Waals surface area (Å²) in [4.78, 5) is 2.42. The highest BCUT2D eigenvalue weighted by Crippen LogP contribution is 2.44. The van der Waals surface area contributed by atoms with E-state index in [1.54, 1.807) is 0 Å². The summed E-state index contributed by atoms with van der Waals surface area (Å²) in [6.07, 6.45) is 0. The van der Waals surface area contributed by atoms with Gasteiger partial charge < -0.3 is 9.47 Å². The van der Waals surface area contributed by atoms with E-state index in [9.17, 15) is 0 Å². The van der Waals surface area contributed by atoms with E-state index in [2.05, 4.69) is 240 Å². The summed E-state index contributed by atoms with van der Waals surface area (Å²) in [6, 6.07) is 84.3. The number of rotatable bonds is 6. The molecule has 280 valence electrons. The van der Waals surface area contributed by atoms with Crippen molar-refractivity contribution in [2.45, 2.75) is 0 Å². The molecule has 0 saturated heterocycles. The molecule has 12 rings (SSSR count). The molecule has 2 heteroatoms. The first-order valence-corrected chi connectivity index (χ1v) is 20.7. The summed E-state index contributed by atoms with van der Waals surface area (Å²) < 4.78 is 2.44. The third-order valence-corrected chi connectivity index (χ3v) is 12.3. The Morgan fingerprint density at radius 2 is 0.850 bits per heavy atom. The zero-order valence-corrected chi connectivity index (χ0v) is 32.8. The van der Waals surface area contributed by atoms with Gasteiger partial charge in [0.1, 0.15) is 0 Å². The molecule has 0 N–H and O–H groups in total. The molecule has 0 aliphatic heterocycles. The Kier molecular flexibility index (Phi) is 7.89. The summed E-state index contributed by atoms with van der Waals surface area (Å²) in [7, 11) is 0. The lowest BCUT2D eigenvalue weighted by Crippen LogP contribution is -2.10. The van der Waals surface area contributed by atoms with Crippen LogP contribution in [0.2, 0.25) is 0 Å². The van der Waals surface area contributed by atoms with E-state index in [0.29, 0.717) is 0 Å². The topological polar surface area (TPSA) is 8.17 Å². The third-order valence-electron chi connectivity index (χ3n) is 12.3. The van der Waals surface area contributed by atoms with Crippen LogP contribution in [0, 0.1) is 0 Å². The normalized spacial score (nSPS) is 11.7. The number of anilines is 3. The van der Waals surface area contributed by atoms with E-state index in [0.717, 1.165) is 22.7 Å². The molecule has 0 amide bonds. The highest BCUT2D eigenvalue weighted by atomic mass is 15.1. The molecule has 0 unspecified atom stereocenters. The van der Waals surface area contributed by atoms with Crippen LogP contribution in [-0.2, 0) is 0 Å². The summed E-state index contributed by atoms with van der Waals surface area (Å²) in [5, 5.41) is 12.5. The molecule has 0 saturated carbocycles. The van der Waals surface area contributed by atoms with E-state index in [1.807, 2.05) is 0 Å². The zero-order chi connectivity index (χ0) is 39.6. The zero-order valence-electron chi connectivity index (χ0n) is 32.8. The van der Waals surface area contributed by atoms with Crippen molar-refractivity contribution in [1.82, 2.24) is 4.57 Å². The average Bonchev–Trinajstić information content (AvgIpc) is 3.66. The Hall–Kier alpha value is -7.94. The van der Waals surface area contributed by atoms with Crippen LogP contribution in [-0.4, -0.2) is 4.57 Å². The van der Waals surface area contributed by atoms with Gasteiger partial charge in [0.05, 0.1) is 16.7 Å². The van der Waals surface area contributed by atoms with Gasteiger partial charge in [0.15, 0.2) is 0 Å². The molecule has 12 aromatic rings. The first-order valence-electron chi connectivity index (χ1n) is 20.7. The third kappa shape index (κ3) is 5.50. The number of hydrogen-bond donors (Lipinski definition) is 0. The largest absolute Gasteiger partial charge is 0.310 e. The number of benzene rings is 11. The Morgan fingerprint density at radius 1 is 0.300 bits per heavy atom. The Balaban J connectivity index is 1.01. The van der Waals surface area contributed by atoms with Crippen LogP contribution >= 0.6 is 0 Å².